The van der Waals surface area contributed by atoms with Crippen molar-refractivity contribution in [3.63, 3.8) is 0 Å². The molecular weight excluding hydrogens is 720 g/mol. The van der Waals surface area contributed by atoms with E-state index >= 15 is 0 Å². The number of halogens is 1. The third-order valence-electron chi connectivity index (χ3n) is 6.95. The fraction of sp³-hybridized carbons (Fsp3) is 0.133. The smallest absolute Gasteiger partial charge is 0.310 e. The van der Waals surface area contributed by atoms with E-state index in [2.05, 4.69) is 0 Å². The molecule has 0 aliphatic rings. The van der Waals surface area contributed by atoms with Gasteiger partial charge in [-0.25, -0.2) is 0 Å². The van der Waals surface area contributed by atoms with Gasteiger partial charge < -0.3 is 29.2 Å². The van der Waals surface area contributed by atoms with Crippen molar-refractivity contribution >= 4 is 28.6 Å². The summed E-state index contributed by atoms with van der Waals surface area (Å²) in [7, 11) is 0. The summed E-state index contributed by atoms with van der Waals surface area (Å²) in [4.78, 5) is 32.3. The molecule has 0 aromatic heterocycles. The van der Waals surface area contributed by atoms with Crippen LogP contribution in [0, 0.1) is 0 Å². The van der Waals surface area contributed by atoms with Gasteiger partial charge >= 0.3 is 5.97 Å². The summed E-state index contributed by atoms with van der Waals surface area (Å²) in [6, 6.07) is 46.6. The van der Waals surface area contributed by atoms with Crippen LogP contribution in [-0.4, -0.2) is 27.2 Å². The molecule has 6 aromatic rings. The number of ketones is 1. The lowest BCUT2D eigenvalue weighted by Crippen LogP contribution is -2.05. The highest BCUT2D eigenvalue weighted by Crippen LogP contribution is 2.29. The zero-order valence-corrected chi connectivity index (χ0v) is 31.5. The van der Waals surface area contributed by atoms with Gasteiger partial charge in [0.15, 0.2) is 5.78 Å². The van der Waals surface area contributed by atoms with Gasteiger partial charge in [0, 0.05) is 37.5 Å². The van der Waals surface area contributed by atoms with E-state index in [0.717, 1.165) is 11.5 Å². The summed E-state index contributed by atoms with van der Waals surface area (Å²) in [5.74, 6) is 4.29. The number of phenols is 2. The molecule has 0 fully saturated rings. The summed E-state index contributed by atoms with van der Waals surface area (Å²) >= 11 is 4.82. The van der Waals surface area contributed by atoms with Gasteiger partial charge in [0.1, 0.15) is 51.7 Å². The van der Waals surface area contributed by atoms with Gasteiger partial charge in [-0.1, -0.05) is 87.5 Å². The van der Waals surface area contributed by atoms with Crippen LogP contribution < -0.4 is 18.9 Å². The van der Waals surface area contributed by atoms with Crippen molar-refractivity contribution in [3.05, 3.63) is 163 Å². The molecule has 0 radical (unpaired) electrons. The lowest BCUT2D eigenvalue weighted by Gasteiger charge is -2.07. The van der Waals surface area contributed by atoms with Crippen LogP contribution in [0.25, 0.3) is 0 Å². The molecule has 0 saturated heterocycles. The van der Waals surface area contributed by atoms with Gasteiger partial charge in [-0.3, -0.25) is 14.4 Å². The first-order chi connectivity index (χ1) is 26.6. The van der Waals surface area contributed by atoms with Crippen molar-refractivity contribution in [1.29, 1.82) is 0 Å². The van der Waals surface area contributed by atoms with Gasteiger partial charge in [0.25, 0.3) is 0 Å². The molecule has 2 N–H and O–H groups in total. The summed E-state index contributed by atoms with van der Waals surface area (Å²) in [6.07, 6.45) is 1.15. The van der Waals surface area contributed by atoms with Crippen LogP contribution >= 0.6 is 11.6 Å². The average Bonchev–Trinajstić information content (AvgIpc) is 3.20. The molecule has 55 heavy (non-hydrogen) atoms. The third-order valence-corrected chi connectivity index (χ3v) is 7.22. The second-order valence-corrected chi connectivity index (χ2v) is 11.6. The highest BCUT2D eigenvalue weighted by molar-refractivity contribution is 6.63. The van der Waals surface area contributed by atoms with E-state index in [1.165, 1.54) is 6.07 Å². The zero-order chi connectivity index (χ0) is 39.8. The van der Waals surface area contributed by atoms with E-state index in [9.17, 15) is 24.6 Å². The minimum absolute atomic E-state index is 0.0460. The number of ether oxygens (including phenoxy) is 4. The number of hydrogen-bond donors (Lipinski definition) is 2. The van der Waals surface area contributed by atoms with Gasteiger partial charge in [-0.15, -0.1) is 0 Å². The normalized spacial score (nSPS) is 9.67. The third kappa shape index (κ3) is 16.8. The van der Waals surface area contributed by atoms with E-state index in [-0.39, 0.29) is 28.5 Å². The molecule has 0 atom stereocenters. The van der Waals surface area contributed by atoms with Gasteiger partial charge in [-0.2, -0.15) is 0 Å². The Morgan fingerprint density at radius 1 is 0.473 bits per heavy atom. The van der Waals surface area contributed by atoms with E-state index in [4.69, 9.17) is 30.5 Å². The van der Waals surface area contributed by atoms with Crippen molar-refractivity contribution in [2.24, 2.45) is 0 Å². The van der Waals surface area contributed by atoms with Crippen molar-refractivity contribution in [1.82, 2.24) is 0 Å². The molecule has 284 valence electrons. The number of para-hydroxylation sites is 3. The highest BCUT2D eigenvalue weighted by atomic mass is 35.5. The molecule has 10 heteroatoms. The maximum Gasteiger partial charge on any atom is 0.310 e. The molecule has 9 nitrogen and oxygen atoms in total. The number of hydrogen-bond acceptors (Lipinski definition) is 9. The SMILES string of the molecule is CCC(=O)Cl.CCC(=O)Oc1cccc(Oc2ccccc2)c1.CCC(=O)c1ccc(Oc2ccccc2)cc1O.Oc1cccc(Oc2ccccc2)c1. The minimum atomic E-state index is -0.273. The fourth-order valence-corrected chi connectivity index (χ4v) is 4.23. The lowest BCUT2D eigenvalue weighted by atomic mass is 10.1. The molecule has 0 heterocycles. The maximum atomic E-state index is 11.5. The lowest BCUT2D eigenvalue weighted by molar-refractivity contribution is -0.134. The predicted octanol–water partition coefficient (Wildman–Crippen LogP) is 11.9. The van der Waals surface area contributed by atoms with Crippen molar-refractivity contribution in [3.8, 4) is 51.7 Å². The van der Waals surface area contributed by atoms with Gasteiger partial charge in [0.05, 0.1) is 5.56 Å². The Labute approximate surface area is 326 Å². The number of Topliss-reactive ketones (excluding diaryl/α,β-unsaturated/α-hetero) is 1. The monoisotopic (exact) mass is 762 g/mol. The summed E-state index contributed by atoms with van der Waals surface area (Å²) < 4.78 is 21.8. The Bertz CT molecular complexity index is 2050. The van der Waals surface area contributed by atoms with Crippen LogP contribution in [-0.2, 0) is 9.59 Å². The Balaban J connectivity index is 0.000000210. The molecule has 0 bridgehead atoms. The van der Waals surface area contributed by atoms with Crippen LogP contribution in [0.5, 0.6) is 51.7 Å². The maximum absolute atomic E-state index is 11.5. The second kappa shape index (κ2) is 23.9. The summed E-state index contributed by atoms with van der Waals surface area (Å²) in [5.41, 5.74) is 0.331. The summed E-state index contributed by atoms with van der Waals surface area (Å²) in [6.45, 7) is 5.23. The quantitative estimate of drug-likeness (QED) is 0.0573. The number of carbonyl (C=O) groups excluding carboxylic acids is 3. The number of phenolic OH excluding ortho intramolecular Hbond substituents is 2. The largest absolute Gasteiger partial charge is 0.508 e. The summed E-state index contributed by atoms with van der Waals surface area (Å²) in [5, 5.41) is 18.7. The van der Waals surface area contributed by atoms with Crippen molar-refractivity contribution in [2.75, 3.05) is 0 Å². The number of rotatable bonds is 11. The molecule has 0 unspecified atom stereocenters. The van der Waals surface area contributed by atoms with Crippen LogP contribution in [0.1, 0.15) is 50.4 Å². The van der Waals surface area contributed by atoms with Crippen LogP contribution in [0.2, 0.25) is 0 Å². The average molecular weight is 763 g/mol. The molecular formula is C45H43ClO9. The Morgan fingerprint density at radius 2 is 0.891 bits per heavy atom. The standard InChI is InChI=1S/2C15H14O3.C12H10O2.C3H5ClO/c1-2-15(16)18-14-10-6-9-13(11-14)17-12-7-4-3-5-8-12;1-2-14(16)13-9-8-12(10-15(13)17)18-11-6-4-3-5-7-11;13-10-5-4-8-12(9-10)14-11-6-2-1-3-7-11;1-2-3(4)5/h3-11H,2H2,1H3;3-10,17H,2H2,1H3;1-9,13H;2H2,1H3. The van der Waals surface area contributed by atoms with Crippen LogP contribution in [0.4, 0.5) is 0 Å². The molecule has 0 saturated carbocycles. The minimum Gasteiger partial charge on any atom is -0.508 e. The molecule has 6 aromatic carbocycles. The highest BCUT2D eigenvalue weighted by Gasteiger charge is 2.10. The van der Waals surface area contributed by atoms with E-state index in [0.29, 0.717) is 53.6 Å². The molecule has 0 aliphatic heterocycles. The Morgan fingerprint density at radius 3 is 1.31 bits per heavy atom. The Kier molecular flexibility index (Phi) is 18.6. The zero-order valence-electron chi connectivity index (χ0n) is 30.8. The molecule has 0 spiro atoms. The second-order valence-electron chi connectivity index (χ2n) is 11.2. The van der Waals surface area contributed by atoms with Crippen LogP contribution in [0.3, 0.4) is 0 Å². The number of aromatic hydroxyl groups is 2. The molecule has 0 aliphatic carbocycles. The van der Waals surface area contributed by atoms with Crippen molar-refractivity contribution in [2.45, 2.75) is 40.0 Å². The van der Waals surface area contributed by atoms with E-state index in [1.807, 2.05) is 97.1 Å². The number of esters is 1. The van der Waals surface area contributed by atoms with Gasteiger partial charge in [-0.05, 0) is 84.4 Å². The number of benzene rings is 6. The first-order valence-electron chi connectivity index (χ1n) is 17.4. The van der Waals surface area contributed by atoms with Crippen molar-refractivity contribution < 1.29 is 43.5 Å². The van der Waals surface area contributed by atoms with E-state index in [1.54, 1.807) is 75.4 Å². The van der Waals surface area contributed by atoms with Gasteiger partial charge in [0.2, 0.25) is 5.24 Å². The first-order valence-corrected chi connectivity index (χ1v) is 17.8. The number of carbonyl (C=O) groups is 3. The Hall–Kier alpha value is -6.58. The molecule has 6 rings (SSSR count). The predicted molar refractivity (Wildman–Crippen MR) is 214 cm³/mol. The van der Waals surface area contributed by atoms with Crippen LogP contribution in [0.15, 0.2) is 158 Å². The fourth-order valence-electron chi connectivity index (χ4n) is 4.23. The van der Waals surface area contributed by atoms with E-state index < -0.39 is 0 Å². The first kappa shape index (κ1) is 42.8. The topological polar surface area (TPSA) is 129 Å². The molecule has 0 amide bonds.